The van der Waals surface area contributed by atoms with Gasteiger partial charge >= 0.3 is 5.97 Å². The topological polar surface area (TPSA) is 52.3 Å². The molecule has 0 fully saturated rings. The number of hydrogen-bond acceptors (Lipinski definition) is 4. The van der Waals surface area contributed by atoms with Gasteiger partial charge in [0.05, 0.1) is 18.4 Å². The van der Waals surface area contributed by atoms with Crippen molar-refractivity contribution in [1.29, 1.82) is 0 Å². The van der Waals surface area contributed by atoms with Gasteiger partial charge in [-0.25, -0.2) is 9.78 Å². The van der Waals surface area contributed by atoms with Crippen LogP contribution in [0.25, 0.3) is 22.8 Å². The van der Waals surface area contributed by atoms with Crippen LogP contribution in [0.3, 0.4) is 0 Å². The predicted molar refractivity (Wildman–Crippen MR) is 97.4 cm³/mol. The summed E-state index contributed by atoms with van der Waals surface area (Å²) < 4.78 is 10.9. The van der Waals surface area contributed by atoms with Gasteiger partial charge in [0.1, 0.15) is 0 Å². The zero-order chi connectivity index (χ0) is 17.8. The number of ether oxygens (including phenoxy) is 1. The second-order valence-corrected chi connectivity index (χ2v) is 6.11. The van der Waals surface area contributed by atoms with Crippen LogP contribution in [0.4, 0.5) is 0 Å². The first-order chi connectivity index (χ1) is 12.1. The first-order valence-electron chi connectivity index (χ1n) is 8.42. The highest BCUT2D eigenvalue weighted by molar-refractivity contribution is 5.90. The summed E-state index contributed by atoms with van der Waals surface area (Å²) in [7, 11) is 0. The maximum absolute atomic E-state index is 11.9. The van der Waals surface area contributed by atoms with Gasteiger partial charge in [-0.3, -0.25) is 0 Å². The monoisotopic (exact) mass is 335 g/mol. The van der Waals surface area contributed by atoms with E-state index in [1.807, 2.05) is 18.2 Å². The van der Waals surface area contributed by atoms with Gasteiger partial charge in [0.2, 0.25) is 5.89 Å². The fourth-order valence-corrected chi connectivity index (χ4v) is 2.57. The Bertz CT molecular complexity index is 863. The van der Waals surface area contributed by atoms with Crippen molar-refractivity contribution < 1.29 is 13.9 Å². The van der Waals surface area contributed by atoms with Crippen LogP contribution in [0.15, 0.2) is 59.1 Å². The molecule has 0 atom stereocenters. The summed E-state index contributed by atoms with van der Waals surface area (Å²) in [5.41, 5.74) is 3.49. The molecule has 0 aliphatic heterocycles. The average molecular weight is 335 g/mol. The molecule has 0 spiro atoms. The molecule has 0 radical (unpaired) electrons. The zero-order valence-corrected chi connectivity index (χ0v) is 14.7. The lowest BCUT2D eigenvalue weighted by atomic mass is 10.0. The minimum atomic E-state index is -0.347. The number of esters is 1. The molecular formula is C21H21NO3. The fourth-order valence-electron chi connectivity index (χ4n) is 2.57. The summed E-state index contributed by atoms with van der Waals surface area (Å²) in [5, 5.41) is 0. The van der Waals surface area contributed by atoms with Crippen LogP contribution in [-0.4, -0.2) is 17.6 Å². The molecule has 1 aromatic heterocycles. The van der Waals surface area contributed by atoms with E-state index in [1.165, 1.54) is 5.56 Å². The smallest absolute Gasteiger partial charge is 0.338 e. The lowest BCUT2D eigenvalue weighted by Gasteiger charge is -2.05. The normalized spacial score (nSPS) is 10.9. The number of rotatable bonds is 5. The van der Waals surface area contributed by atoms with Crippen LogP contribution in [0, 0.1) is 0 Å². The lowest BCUT2D eigenvalue weighted by molar-refractivity contribution is 0.0526. The number of oxazole rings is 1. The first-order valence-corrected chi connectivity index (χ1v) is 8.42. The Kier molecular flexibility index (Phi) is 4.98. The predicted octanol–water partition coefficient (Wildman–Crippen LogP) is 5.31. The molecule has 0 aliphatic rings. The molecule has 25 heavy (non-hydrogen) atoms. The van der Waals surface area contributed by atoms with Gasteiger partial charge < -0.3 is 9.15 Å². The summed E-state index contributed by atoms with van der Waals surface area (Å²) >= 11 is 0. The molecule has 0 bridgehead atoms. The molecule has 0 saturated carbocycles. The number of carbonyl (C=O) groups excluding carboxylic acids is 1. The number of nitrogens with zero attached hydrogens (tertiary/aromatic N) is 1. The van der Waals surface area contributed by atoms with E-state index in [2.05, 4.69) is 31.0 Å². The van der Waals surface area contributed by atoms with E-state index < -0.39 is 0 Å². The van der Waals surface area contributed by atoms with E-state index in [1.54, 1.807) is 31.3 Å². The molecule has 2 aromatic carbocycles. The van der Waals surface area contributed by atoms with Crippen molar-refractivity contribution in [3.63, 3.8) is 0 Å². The molecule has 0 amide bonds. The van der Waals surface area contributed by atoms with Crippen molar-refractivity contribution >= 4 is 5.97 Å². The molecule has 3 rings (SSSR count). The summed E-state index contributed by atoms with van der Waals surface area (Å²) in [4.78, 5) is 16.2. The lowest BCUT2D eigenvalue weighted by Crippen LogP contribution is -2.04. The number of carbonyl (C=O) groups is 1. The van der Waals surface area contributed by atoms with Crippen LogP contribution in [0.1, 0.15) is 42.6 Å². The molecule has 0 N–H and O–H groups in total. The third kappa shape index (κ3) is 3.79. The van der Waals surface area contributed by atoms with Crippen LogP contribution in [0.5, 0.6) is 0 Å². The van der Waals surface area contributed by atoms with Gasteiger partial charge in [0, 0.05) is 11.1 Å². The largest absolute Gasteiger partial charge is 0.462 e. The molecule has 4 heteroatoms. The summed E-state index contributed by atoms with van der Waals surface area (Å²) in [6, 6.07) is 15.4. The minimum Gasteiger partial charge on any atom is -0.462 e. The van der Waals surface area contributed by atoms with E-state index >= 15 is 0 Å². The van der Waals surface area contributed by atoms with Crippen LogP contribution >= 0.6 is 0 Å². The van der Waals surface area contributed by atoms with Crippen molar-refractivity contribution in [3.8, 4) is 22.8 Å². The quantitative estimate of drug-likeness (QED) is 0.593. The maximum Gasteiger partial charge on any atom is 0.338 e. The second kappa shape index (κ2) is 7.34. The van der Waals surface area contributed by atoms with Crippen molar-refractivity contribution in [2.75, 3.05) is 6.61 Å². The Hall–Kier alpha value is -2.88. The van der Waals surface area contributed by atoms with Crippen molar-refractivity contribution in [2.24, 2.45) is 0 Å². The highest BCUT2D eigenvalue weighted by Gasteiger charge is 2.12. The van der Waals surface area contributed by atoms with E-state index in [4.69, 9.17) is 9.15 Å². The Morgan fingerprint density at radius 1 is 1.12 bits per heavy atom. The number of hydrogen-bond donors (Lipinski definition) is 0. The SMILES string of the molecule is CCOC(=O)c1cccc(-c2ncc(-c3ccc(C(C)C)cc3)o2)c1. The molecule has 128 valence electrons. The average Bonchev–Trinajstić information content (AvgIpc) is 3.12. The van der Waals surface area contributed by atoms with Gasteiger partial charge in [0.15, 0.2) is 5.76 Å². The Morgan fingerprint density at radius 3 is 2.56 bits per heavy atom. The summed E-state index contributed by atoms with van der Waals surface area (Å²) in [6.45, 7) is 6.46. The summed E-state index contributed by atoms with van der Waals surface area (Å²) in [5.74, 6) is 1.33. The fraction of sp³-hybridized carbons (Fsp3) is 0.238. The first kappa shape index (κ1) is 17.0. The van der Waals surface area contributed by atoms with Crippen molar-refractivity contribution in [1.82, 2.24) is 4.98 Å². The maximum atomic E-state index is 11.9. The number of aromatic nitrogens is 1. The van der Waals surface area contributed by atoms with Crippen LogP contribution in [-0.2, 0) is 4.74 Å². The van der Waals surface area contributed by atoms with Gasteiger partial charge in [-0.1, -0.05) is 44.2 Å². The minimum absolute atomic E-state index is 0.346. The molecule has 0 aliphatic carbocycles. The molecular weight excluding hydrogens is 314 g/mol. The van der Waals surface area contributed by atoms with Crippen LogP contribution < -0.4 is 0 Å². The van der Waals surface area contributed by atoms with Gasteiger partial charge in [-0.2, -0.15) is 0 Å². The second-order valence-electron chi connectivity index (χ2n) is 6.11. The van der Waals surface area contributed by atoms with Crippen LogP contribution in [0.2, 0.25) is 0 Å². The molecule has 0 saturated heterocycles. The van der Waals surface area contributed by atoms with Crippen molar-refractivity contribution in [2.45, 2.75) is 26.7 Å². The Morgan fingerprint density at radius 2 is 1.88 bits per heavy atom. The van der Waals surface area contributed by atoms with Crippen molar-refractivity contribution in [3.05, 3.63) is 65.9 Å². The molecule has 3 aromatic rings. The third-order valence-electron chi connectivity index (χ3n) is 3.99. The standard InChI is InChI=1S/C21H21NO3/c1-4-24-21(23)18-7-5-6-17(12-18)20-22-13-19(25-20)16-10-8-15(9-11-16)14(2)3/h5-14H,4H2,1-3H3. The van der Waals surface area contributed by atoms with E-state index in [0.29, 0.717) is 29.7 Å². The molecule has 4 nitrogen and oxygen atoms in total. The Balaban J connectivity index is 1.86. The van der Waals surface area contributed by atoms with Gasteiger partial charge in [-0.05, 0) is 36.6 Å². The van der Waals surface area contributed by atoms with E-state index in [0.717, 1.165) is 11.1 Å². The van der Waals surface area contributed by atoms with E-state index in [-0.39, 0.29) is 5.97 Å². The highest BCUT2D eigenvalue weighted by Crippen LogP contribution is 2.27. The van der Waals surface area contributed by atoms with Gasteiger partial charge in [0.25, 0.3) is 0 Å². The molecule has 0 unspecified atom stereocenters. The zero-order valence-electron chi connectivity index (χ0n) is 14.7. The third-order valence-corrected chi connectivity index (χ3v) is 3.99. The number of benzene rings is 2. The Labute approximate surface area is 147 Å². The van der Waals surface area contributed by atoms with Gasteiger partial charge in [-0.15, -0.1) is 0 Å². The molecule has 1 heterocycles. The van der Waals surface area contributed by atoms with E-state index in [9.17, 15) is 4.79 Å². The summed E-state index contributed by atoms with van der Waals surface area (Å²) in [6.07, 6.45) is 1.71. The highest BCUT2D eigenvalue weighted by atomic mass is 16.5.